The Balaban J connectivity index is 2.12. The average molecular weight is 308 g/mol. The Morgan fingerprint density at radius 1 is 0.957 bits per heavy atom. The molecule has 3 N–H and O–H groups in total. The lowest BCUT2D eigenvalue weighted by atomic mass is 10.2. The molecule has 0 aromatic carbocycles. The highest BCUT2D eigenvalue weighted by Gasteiger charge is 1.98. The lowest BCUT2D eigenvalue weighted by molar-refractivity contribution is 0.472. The Bertz CT molecular complexity index is 1050. The van der Waals surface area contributed by atoms with E-state index in [-0.39, 0.29) is 16.4 Å². The molecule has 0 fully saturated rings. The summed E-state index contributed by atoms with van der Waals surface area (Å²) in [5, 5.41) is 9.40. The van der Waals surface area contributed by atoms with Crippen molar-refractivity contribution in [2.75, 3.05) is 0 Å². The van der Waals surface area contributed by atoms with E-state index in [1.165, 1.54) is 30.5 Å². The highest BCUT2D eigenvalue weighted by molar-refractivity contribution is 5.46. The van der Waals surface area contributed by atoms with E-state index in [0.717, 1.165) is 0 Å². The summed E-state index contributed by atoms with van der Waals surface area (Å²) in [6.07, 6.45) is 7.41. The zero-order chi connectivity index (χ0) is 16.2. The van der Waals surface area contributed by atoms with Crippen molar-refractivity contribution >= 4 is 12.2 Å². The van der Waals surface area contributed by atoms with Gasteiger partial charge in [-0.15, -0.1) is 0 Å². The number of aromatic nitrogens is 4. The van der Waals surface area contributed by atoms with Crippen LogP contribution in [0.2, 0.25) is 0 Å². The van der Waals surface area contributed by atoms with Gasteiger partial charge in [-0.25, -0.2) is 0 Å². The molecule has 7 heteroatoms. The smallest absolute Gasteiger partial charge is 0.272 e. The Kier molecular flexibility index (Phi) is 3.84. The topological polar surface area (TPSA) is 112 Å². The maximum absolute atomic E-state index is 12.1. The first-order valence-electron chi connectivity index (χ1n) is 6.73. The van der Waals surface area contributed by atoms with Crippen molar-refractivity contribution in [2.24, 2.45) is 0 Å². The summed E-state index contributed by atoms with van der Waals surface area (Å²) in [6, 6.07) is 6.47. The fourth-order valence-electron chi connectivity index (χ4n) is 1.95. The van der Waals surface area contributed by atoms with Gasteiger partial charge in [-0.3, -0.25) is 19.6 Å². The highest BCUT2D eigenvalue weighted by atomic mass is 16.3. The third-order valence-electron chi connectivity index (χ3n) is 3.04. The minimum atomic E-state index is -0.449. The molecule has 3 heterocycles. The molecular formula is C16H12N4O3. The average Bonchev–Trinajstić information content (AvgIpc) is 2.55. The number of H-pyrrole nitrogens is 2. The Labute approximate surface area is 129 Å². The van der Waals surface area contributed by atoms with E-state index in [9.17, 15) is 14.7 Å². The zero-order valence-electron chi connectivity index (χ0n) is 11.9. The third kappa shape index (κ3) is 3.41. The molecule has 0 saturated heterocycles. The monoisotopic (exact) mass is 308 g/mol. The summed E-state index contributed by atoms with van der Waals surface area (Å²) in [5.41, 5.74) is 0.256. The summed E-state index contributed by atoms with van der Waals surface area (Å²) in [4.78, 5) is 37.1. The number of hydrogen-bond donors (Lipinski definition) is 3. The van der Waals surface area contributed by atoms with Gasteiger partial charge < -0.3 is 15.1 Å². The SMILES string of the molecule is O=c1[nH]/c(=C\c2ccc(O)cn2)c(=O)[nH]/c1=C\c1cccnc1. The van der Waals surface area contributed by atoms with Crippen molar-refractivity contribution in [1.29, 1.82) is 0 Å². The number of hydrogen-bond acceptors (Lipinski definition) is 5. The largest absolute Gasteiger partial charge is 0.506 e. The molecule has 23 heavy (non-hydrogen) atoms. The van der Waals surface area contributed by atoms with Gasteiger partial charge in [-0.2, -0.15) is 0 Å². The van der Waals surface area contributed by atoms with Crippen molar-refractivity contribution in [3.8, 4) is 5.75 Å². The van der Waals surface area contributed by atoms with Crippen LogP contribution in [0, 0.1) is 0 Å². The lowest BCUT2D eigenvalue weighted by Crippen LogP contribution is -2.46. The van der Waals surface area contributed by atoms with Crippen molar-refractivity contribution in [1.82, 2.24) is 19.9 Å². The van der Waals surface area contributed by atoms with E-state index in [2.05, 4.69) is 19.9 Å². The second-order valence-electron chi connectivity index (χ2n) is 4.75. The van der Waals surface area contributed by atoms with Gasteiger partial charge >= 0.3 is 0 Å². The van der Waals surface area contributed by atoms with Crippen molar-refractivity contribution in [3.63, 3.8) is 0 Å². The van der Waals surface area contributed by atoms with Crippen molar-refractivity contribution in [3.05, 3.63) is 85.5 Å². The summed E-state index contributed by atoms with van der Waals surface area (Å²) in [5.74, 6) is 0.0194. The van der Waals surface area contributed by atoms with Crippen LogP contribution in [0.5, 0.6) is 5.75 Å². The van der Waals surface area contributed by atoms with Gasteiger partial charge in [0.25, 0.3) is 11.1 Å². The Hall–Kier alpha value is -3.48. The first-order valence-corrected chi connectivity index (χ1v) is 6.73. The van der Waals surface area contributed by atoms with Gasteiger partial charge in [0.15, 0.2) is 0 Å². The molecule has 0 aliphatic heterocycles. The minimum Gasteiger partial charge on any atom is -0.506 e. The van der Waals surface area contributed by atoms with Gasteiger partial charge in [0.05, 0.1) is 11.9 Å². The van der Waals surface area contributed by atoms with Crippen LogP contribution in [0.15, 0.2) is 52.4 Å². The molecule has 3 aromatic heterocycles. The standard InChI is InChI=1S/C16H12N4O3/c21-12-4-3-11(18-9-12)7-14-16(23)19-13(15(22)20-14)6-10-2-1-5-17-8-10/h1-9,21H,(H,19,23)(H,20,22)/b13-6-,14-7-. The van der Waals surface area contributed by atoms with E-state index in [1.807, 2.05) is 0 Å². The normalized spacial score (nSPS) is 12.5. The molecule has 3 aromatic rings. The van der Waals surface area contributed by atoms with Gasteiger partial charge in [0.2, 0.25) is 0 Å². The molecule has 0 aliphatic carbocycles. The number of rotatable bonds is 2. The first kappa shape index (κ1) is 14.5. The number of aromatic amines is 2. The maximum Gasteiger partial charge on any atom is 0.272 e. The number of aromatic hydroxyl groups is 1. The van der Waals surface area contributed by atoms with E-state index < -0.39 is 11.1 Å². The summed E-state index contributed by atoms with van der Waals surface area (Å²) in [6.45, 7) is 0. The Morgan fingerprint density at radius 3 is 2.30 bits per heavy atom. The molecule has 0 saturated carbocycles. The molecular weight excluding hydrogens is 296 g/mol. The second kappa shape index (κ2) is 6.10. The van der Waals surface area contributed by atoms with Crippen LogP contribution in [0.1, 0.15) is 11.3 Å². The van der Waals surface area contributed by atoms with Crippen LogP contribution >= 0.6 is 0 Å². The molecule has 0 atom stereocenters. The van der Waals surface area contributed by atoms with Gasteiger partial charge in [-0.1, -0.05) is 6.07 Å². The lowest BCUT2D eigenvalue weighted by Gasteiger charge is -1.94. The van der Waals surface area contributed by atoms with E-state index in [0.29, 0.717) is 11.3 Å². The fraction of sp³-hybridized carbons (Fsp3) is 0. The van der Waals surface area contributed by atoms with Crippen LogP contribution in [-0.2, 0) is 0 Å². The minimum absolute atomic E-state index is 0.0194. The van der Waals surface area contributed by atoms with E-state index in [4.69, 9.17) is 0 Å². The van der Waals surface area contributed by atoms with Crippen molar-refractivity contribution < 1.29 is 5.11 Å². The van der Waals surface area contributed by atoms with Crippen LogP contribution in [0.4, 0.5) is 0 Å². The maximum atomic E-state index is 12.1. The van der Waals surface area contributed by atoms with Crippen LogP contribution < -0.4 is 21.8 Å². The van der Waals surface area contributed by atoms with Gasteiger partial charge in [0.1, 0.15) is 16.4 Å². The second-order valence-corrected chi connectivity index (χ2v) is 4.75. The molecule has 0 bridgehead atoms. The first-order chi connectivity index (χ1) is 11.1. The quantitative estimate of drug-likeness (QED) is 0.575. The number of nitrogens with zero attached hydrogens (tertiary/aromatic N) is 2. The number of nitrogens with one attached hydrogen (secondary N) is 2. The third-order valence-corrected chi connectivity index (χ3v) is 3.04. The van der Waals surface area contributed by atoms with Gasteiger partial charge in [0, 0.05) is 12.4 Å². The number of pyridine rings is 2. The predicted molar refractivity (Wildman–Crippen MR) is 84.2 cm³/mol. The van der Waals surface area contributed by atoms with E-state index >= 15 is 0 Å². The van der Waals surface area contributed by atoms with Crippen LogP contribution in [0.25, 0.3) is 12.2 Å². The Morgan fingerprint density at radius 2 is 1.70 bits per heavy atom. The summed E-state index contributed by atoms with van der Waals surface area (Å²) in [7, 11) is 0. The molecule has 114 valence electrons. The molecule has 0 radical (unpaired) electrons. The van der Waals surface area contributed by atoms with Crippen LogP contribution in [0.3, 0.4) is 0 Å². The fourth-order valence-corrected chi connectivity index (χ4v) is 1.95. The molecule has 0 unspecified atom stereocenters. The molecule has 0 spiro atoms. The molecule has 7 nitrogen and oxygen atoms in total. The zero-order valence-corrected chi connectivity index (χ0v) is 11.9. The van der Waals surface area contributed by atoms with Crippen LogP contribution in [-0.4, -0.2) is 25.0 Å². The predicted octanol–water partition coefficient (Wildman–Crippen LogP) is -0.784. The molecule has 0 amide bonds. The van der Waals surface area contributed by atoms with Crippen molar-refractivity contribution in [2.45, 2.75) is 0 Å². The van der Waals surface area contributed by atoms with E-state index in [1.54, 1.807) is 24.5 Å². The molecule has 3 rings (SSSR count). The molecule has 0 aliphatic rings. The summed E-state index contributed by atoms with van der Waals surface area (Å²) < 4.78 is 0. The highest BCUT2D eigenvalue weighted by Crippen LogP contribution is 2.05. The summed E-state index contributed by atoms with van der Waals surface area (Å²) >= 11 is 0. The van der Waals surface area contributed by atoms with Gasteiger partial charge in [-0.05, 0) is 35.9 Å².